The van der Waals surface area contributed by atoms with Crippen molar-refractivity contribution in [1.82, 2.24) is 0 Å². The monoisotopic (exact) mass is 363 g/mol. The average molecular weight is 363 g/mol. The molecule has 3 rings (SSSR count). The number of carbonyl (C=O) groups is 2. The highest BCUT2D eigenvalue weighted by atomic mass is 19.4. The van der Waals surface area contributed by atoms with Gasteiger partial charge in [0.15, 0.2) is 0 Å². The van der Waals surface area contributed by atoms with E-state index in [1.807, 2.05) is 0 Å². The number of fused-ring (bicyclic) bond motifs is 1. The summed E-state index contributed by atoms with van der Waals surface area (Å²) >= 11 is 0. The lowest BCUT2D eigenvalue weighted by atomic mass is 9.81. The molecule has 1 aliphatic heterocycles. The van der Waals surface area contributed by atoms with Crippen LogP contribution in [0.5, 0.6) is 0 Å². The summed E-state index contributed by atoms with van der Waals surface area (Å²) in [4.78, 5) is 25.6. The third-order valence-electron chi connectivity index (χ3n) is 4.63. The van der Waals surface area contributed by atoms with Gasteiger partial charge in [-0.3, -0.25) is 9.59 Å². The van der Waals surface area contributed by atoms with E-state index in [9.17, 15) is 27.9 Å². The lowest BCUT2D eigenvalue weighted by Gasteiger charge is -2.23. The van der Waals surface area contributed by atoms with Crippen LogP contribution in [0.1, 0.15) is 30.0 Å². The summed E-state index contributed by atoms with van der Waals surface area (Å²) < 4.78 is 38.1. The number of carboxylic acid groups (broad SMARTS) is 1. The number of aliphatic carboxylic acids is 1. The van der Waals surface area contributed by atoms with Crippen molar-refractivity contribution in [3.8, 4) is 0 Å². The first-order valence-electron chi connectivity index (χ1n) is 7.92. The number of nitrogens with zero attached hydrogens (tertiary/aromatic N) is 1. The van der Waals surface area contributed by atoms with Crippen LogP contribution in [-0.4, -0.2) is 17.0 Å². The number of amides is 1. The molecule has 26 heavy (non-hydrogen) atoms. The minimum absolute atomic E-state index is 0.0726. The second-order valence-corrected chi connectivity index (χ2v) is 6.51. The Hall–Kier alpha value is -2.83. The fraction of sp³-hybridized carbons (Fsp3) is 0.263. The lowest BCUT2D eigenvalue weighted by molar-refractivity contribution is -0.141. The Labute approximate surface area is 147 Å². The average Bonchev–Trinajstić information content (AvgIpc) is 2.76. The number of anilines is 1. The highest BCUT2D eigenvalue weighted by molar-refractivity contribution is 6.09. The molecular weight excluding hydrogens is 347 g/mol. The van der Waals surface area contributed by atoms with Crippen molar-refractivity contribution < 1.29 is 27.9 Å². The minimum atomic E-state index is -4.42. The Morgan fingerprint density at radius 2 is 1.73 bits per heavy atom. The molecule has 0 spiro atoms. The summed E-state index contributed by atoms with van der Waals surface area (Å²) in [5.74, 6) is -1.46. The number of hydrogen-bond acceptors (Lipinski definition) is 2. The molecular formula is C19H16F3NO3. The lowest BCUT2D eigenvalue weighted by Crippen LogP contribution is -2.39. The quantitative estimate of drug-likeness (QED) is 0.894. The molecule has 1 heterocycles. The van der Waals surface area contributed by atoms with Crippen LogP contribution in [0.15, 0.2) is 48.5 Å². The van der Waals surface area contributed by atoms with Crippen molar-refractivity contribution in [2.75, 3.05) is 4.90 Å². The number of benzene rings is 2. The summed E-state index contributed by atoms with van der Waals surface area (Å²) in [6, 6.07) is 11.5. The molecule has 1 atom stereocenters. The third-order valence-corrected chi connectivity index (χ3v) is 4.63. The van der Waals surface area contributed by atoms with Crippen LogP contribution >= 0.6 is 0 Å². The minimum Gasteiger partial charge on any atom is -0.481 e. The second kappa shape index (κ2) is 6.16. The van der Waals surface area contributed by atoms with Crippen LogP contribution in [0, 0.1) is 0 Å². The molecule has 1 aliphatic rings. The fourth-order valence-electron chi connectivity index (χ4n) is 3.31. The molecule has 4 nitrogen and oxygen atoms in total. The van der Waals surface area contributed by atoms with Gasteiger partial charge in [0.05, 0.1) is 23.9 Å². The van der Waals surface area contributed by atoms with Gasteiger partial charge in [0.1, 0.15) is 0 Å². The predicted octanol–water partition coefficient (Wildman–Crippen LogP) is 3.98. The third kappa shape index (κ3) is 3.05. The molecule has 7 heteroatoms. The number of para-hydroxylation sites is 1. The largest absolute Gasteiger partial charge is 0.481 e. The highest BCUT2D eigenvalue weighted by Gasteiger charge is 2.48. The number of alkyl halides is 3. The highest BCUT2D eigenvalue weighted by Crippen LogP contribution is 2.44. The number of hydrogen-bond donors (Lipinski definition) is 1. The van der Waals surface area contributed by atoms with Crippen LogP contribution in [0.3, 0.4) is 0 Å². The molecule has 2 aromatic carbocycles. The number of rotatable bonds is 4. The maximum absolute atomic E-state index is 12.9. The molecule has 1 amide bonds. The van der Waals surface area contributed by atoms with Crippen molar-refractivity contribution in [2.24, 2.45) is 0 Å². The van der Waals surface area contributed by atoms with Crippen LogP contribution in [-0.2, 0) is 27.7 Å². The van der Waals surface area contributed by atoms with E-state index in [0.29, 0.717) is 16.8 Å². The second-order valence-electron chi connectivity index (χ2n) is 6.51. The van der Waals surface area contributed by atoms with Gasteiger partial charge in [-0.25, -0.2) is 0 Å². The van der Waals surface area contributed by atoms with Crippen molar-refractivity contribution in [2.45, 2.75) is 31.5 Å². The molecule has 0 unspecified atom stereocenters. The van der Waals surface area contributed by atoms with Gasteiger partial charge in [-0.15, -0.1) is 0 Å². The predicted molar refractivity (Wildman–Crippen MR) is 88.7 cm³/mol. The Kier molecular flexibility index (Phi) is 4.26. The van der Waals surface area contributed by atoms with Crippen molar-refractivity contribution in [1.29, 1.82) is 0 Å². The van der Waals surface area contributed by atoms with Crippen LogP contribution in [0.25, 0.3) is 0 Å². The van der Waals surface area contributed by atoms with E-state index in [0.717, 1.165) is 12.1 Å². The molecule has 0 aliphatic carbocycles. The van der Waals surface area contributed by atoms with Gasteiger partial charge in [0, 0.05) is 5.69 Å². The van der Waals surface area contributed by atoms with Crippen LogP contribution < -0.4 is 4.90 Å². The van der Waals surface area contributed by atoms with Crippen molar-refractivity contribution in [3.05, 3.63) is 65.2 Å². The summed E-state index contributed by atoms with van der Waals surface area (Å²) in [5, 5.41) is 9.19. The smallest absolute Gasteiger partial charge is 0.416 e. The maximum Gasteiger partial charge on any atom is 0.416 e. The molecule has 2 aromatic rings. The zero-order valence-electron chi connectivity index (χ0n) is 13.9. The van der Waals surface area contributed by atoms with Gasteiger partial charge < -0.3 is 10.0 Å². The topological polar surface area (TPSA) is 57.6 Å². The van der Waals surface area contributed by atoms with E-state index in [1.165, 1.54) is 17.0 Å². The summed E-state index contributed by atoms with van der Waals surface area (Å²) in [5.41, 5.74) is -0.236. The molecule has 1 N–H and O–H groups in total. The van der Waals surface area contributed by atoms with Crippen LogP contribution in [0.2, 0.25) is 0 Å². The molecule has 0 saturated carbocycles. The molecule has 0 radical (unpaired) electrons. The van der Waals surface area contributed by atoms with Crippen LogP contribution in [0.4, 0.5) is 18.9 Å². The van der Waals surface area contributed by atoms with E-state index in [4.69, 9.17) is 0 Å². The van der Waals surface area contributed by atoms with Gasteiger partial charge in [-0.1, -0.05) is 30.3 Å². The first-order valence-corrected chi connectivity index (χ1v) is 7.92. The Morgan fingerprint density at radius 1 is 1.12 bits per heavy atom. The van der Waals surface area contributed by atoms with E-state index < -0.39 is 23.1 Å². The zero-order valence-corrected chi connectivity index (χ0v) is 13.9. The van der Waals surface area contributed by atoms with Gasteiger partial charge >= 0.3 is 12.1 Å². The SMILES string of the molecule is C[C@]1(CC(=O)O)C(=O)N(Cc2ccc(C(F)(F)F)cc2)c2ccccc21. The van der Waals surface area contributed by atoms with E-state index in [1.54, 1.807) is 31.2 Å². The Morgan fingerprint density at radius 3 is 2.31 bits per heavy atom. The number of carbonyl (C=O) groups excluding carboxylic acids is 1. The zero-order chi connectivity index (χ0) is 19.1. The van der Waals surface area contributed by atoms with Gasteiger partial charge in [-0.2, -0.15) is 13.2 Å². The fourth-order valence-corrected chi connectivity index (χ4v) is 3.31. The van der Waals surface area contributed by atoms with Crippen molar-refractivity contribution in [3.63, 3.8) is 0 Å². The van der Waals surface area contributed by atoms with Crippen molar-refractivity contribution >= 4 is 17.6 Å². The molecule has 136 valence electrons. The molecule has 0 saturated heterocycles. The maximum atomic E-state index is 12.9. The Balaban J connectivity index is 1.93. The standard InChI is InChI=1S/C19H16F3NO3/c1-18(10-16(24)25)14-4-2-3-5-15(14)23(17(18)26)11-12-6-8-13(9-7-12)19(20,21)22/h2-9H,10-11H2,1H3,(H,24,25)/t18-/m1/s1. The van der Waals surface area contributed by atoms with E-state index >= 15 is 0 Å². The number of carboxylic acids is 1. The summed E-state index contributed by atoms with van der Waals surface area (Å²) in [6.07, 6.45) is -4.78. The first kappa shape index (κ1) is 18.0. The van der Waals surface area contributed by atoms with E-state index in [-0.39, 0.29) is 18.9 Å². The molecule has 0 aromatic heterocycles. The Bertz CT molecular complexity index is 861. The van der Waals surface area contributed by atoms with Gasteiger partial charge in [0.25, 0.3) is 0 Å². The van der Waals surface area contributed by atoms with E-state index in [2.05, 4.69) is 0 Å². The summed E-state index contributed by atoms with van der Waals surface area (Å²) in [6.45, 7) is 1.65. The summed E-state index contributed by atoms with van der Waals surface area (Å²) in [7, 11) is 0. The number of halogens is 3. The molecule has 0 fully saturated rings. The normalized spacial score (nSPS) is 19.5. The first-order chi connectivity index (χ1) is 12.1. The van der Waals surface area contributed by atoms with Gasteiger partial charge in [0.2, 0.25) is 5.91 Å². The van der Waals surface area contributed by atoms with Gasteiger partial charge in [-0.05, 0) is 36.2 Å². The molecule has 0 bridgehead atoms.